The van der Waals surface area contributed by atoms with E-state index in [1.54, 1.807) is 18.2 Å². The summed E-state index contributed by atoms with van der Waals surface area (Å²) in [7, 11) is 1.48. The molecule has 100 valence electrons. The number of methoxy groups -OCH3 is 1. The monoisotopic (exact) mass is 328 g/mol. The van der Waals surface area contributed by atoms with Crippen molar-refractivity contribution in [3.05, 3.63) is 61.1 Å². The molecule has 0 amide bonds. The van der Waals surface area contributed by atoms with Crippen LogP contribution in [0.3, 0.4) is 0 Å². The van der Waals surface area contributed by atoms with Gasteiger partial charge in [-0.05, 0) is 18.2 Å². The number of halogens is 2. The summed E-state index contributed by atoms with van der Waals surface area (Å²) < 4.78 is 19.9. The number of ether oxygens (including phenoxy) is 1. The third-order valence-electron chi connectivity index (χ3n) is 2.59. The lowest BCUT2D eigenvalue weighted by atomic mass is 10.2. The molecule has 0 aliphatic heterocycles. The van der Waals surface area contributed by atoms with Crippen molar-refractivity contribution < 1.29 is 9.13 Å². The Hall–Kier alpha value is -1.89. The van der Waals surface area contributed by atoms with Crippen LogP contribution in [0.1, 0.15) is 5.56 Å². The minimum absolute atomic E-state index is 0.0749. The summed E-state index contributed by atoms with van der Waals surface area (Å²) in [5.74, 6) is -0.493. The predicted molar refractivity (Wildman–Crippen MR) is 71.1 cm³/mol. The van der Waals surface area contributed by atoms with E-state index in [4.69, 9.17) is 4.74 Å². The molecule has 0 spiro atoms. The summed E-state index contributed by atoms with van der Waals surface area (Å²) in [6.07, 6.45) is 0.749. The van der Waals surface area contributed by atoms with Gasteiger partial charge in [0.05, 0.1) is 13.7 Å². The Morgan fingerprint density at radius 2 is 2.16 bits per heavy atom. The Labute approximate surface area is 115 Å². The first kappa shape index (κ1) is 13.5. The zero-order valence-corrected chi connectivity index (χ0v) is 11.5. The summed E-state index contributed by atoms with van der Waals surface area (Å²) in [5.41, 5.74) is -1.05. The first-order valence-electron chi connectivity index (χ1n) is 5.33. The molecule has 2 rings (SSSR count). The fourth-order valence-corrected chi connectivity index (χ4v) is 2.08. The minimum Gasteiger partial charge on any atom is -0.496 e. The predicted octanol–water partition coefficient (Wildman–Crippen LogP) is 1.50. The van der Waals surface area contributed by atoms with Crippen molar-refractivity contribution in [2.45, 2.75) is 6.54 Å². The van der Waals surface area contributed by atoms with Crippen LogP contribution >= 0.6 is 15.9 Å². The fourth-order valence-electron chi connectivity index (χ4n) is 1.67. The molecular formula is C12H10BrFN2O3. The lowest BCUT2D eigenvalue weighted by molar-refractivity contribution is 0.407. The first-order chi connectivity index (χ1) is 9.02. The number of aromatic amines is 1. The first-order valence-corrected chi connectivity index (χ1v) is 6.12. The molecule has 0 aliphatic carbocycles. The highest BCUT2D eigenvalue weighted by Crippen LogP contribution is 2.23. The van der Waals surface area contributed by atoms with Gasteiger partial charge >= 0.3 is 5.69 Å². The van der Waals surface area contributed by atoms with Gasteiger partial charge < -0.3 is 9.72 Å². The van der Waals surface area contributed by atoms with Crippen LogP contribution in [0.2, 0.25) is 0 Å². The lowest BCUT2D eigenvalue weighted by Gasteiger charge is -2.10. The smallest absolute Gasteiger partial charge is 0.328 e. The molecule has 19 heavy (non-hydrogen) atoms. The van der Waals surface area contributed by atoms with Gasteiger partial charge in [0.25, 0.3) is 5.56 Å². The van der Waals surface area contributed by atoms with Crippen molar-refractivity contribution in [2.24, 2.45) is 0 Å². The van der Waals surface area contributed by atoms with Crippen LogP contribution in [0, 0.1) is 5.82 Å². The summed E-state index contributed by atoms with van der Waals surface area (Å²) in [6.45, 7) is -0.0749. The van der Waals surface area contributed by atoms with Crippen molar-refractivity contribution in [1.82, 2.24) is 9.55 Å². The van der Waals surface area contributed by atoms with E-state index in [2.05, 4.69) is 20.9 Å². The average molecular weight is 329 g/mol. The molecule has 7 heteroatoms. The van der Waals surface area contributed by atoms with Crippen molar-refractivity contribution in [2.75, 3.05) is 7.11 Å². The van der Waals surface area contributed by atoms with Gasteiger partial charge in [0.15, 0.2) is 0 Å². The Bertz CT molecular complexity index is 724. The molecule has 1 aromatic heterocycles. The molecule has 2 aromatic rings. The number of H-pyrrole nitrogens is 1. The zero-order chi connectivity index (χ0) is 14.0. The van der Waals surface area contributed by atoms with E-state index in [-0.39, 0.29) is 6.54 Å². The molecule has 0 bridgehead atoms. The van der Waals surface area contributed by atoms with Crippen molar-refractivity contribution in [3.8, 4) is 5.75 Å². The SMILES string of the molecule is COc1ccc(Br)cc1Cn1c(=O)[nH]cc(F)c1=O. The molecule has 5 nitrogen and oxygen atoms in total. The van der Waals surface area contributed by atoms with Crippen LogP contribution in [0.25, 0.3) is 0 Å². The molecule has 0 saturated heterocycles. The highest BCUT2D eigenvalue weighted by atomic mass is 79.9. The largest absolute Gasteiger partial charge is 0.496 e. The van der Waals surface area contributed by atoms with Gasteiger partial charge in [-0.15, -0.1) is 0 Å². The van der Waals surface area contributed by atoms with E-state index < -0.39 is 17.1 Å². The quantitative estimate of drug-likeness (QED) is 0.928. The molecule has 0 radical (unpaired) electrons. The third-order valence-corrected chi connectivity index (χ3v) is 3.08. The van der Waals surface area contributed by atoms with E-state index in [9.17, 15) is 14.0 Å². The van der Waals surface area contributed by atoms with Gasteiger partial charge in [0.1, 0.15) is 5.75 Å². The van der Waals surface area contributed by atoms with Crippen molar-refractivity contribution in [3.63, 3.8) is 0 Å². The number of hydrogen-bond acceptors (Lipinski definition) is 3. The van der Waals surface area contributed by atoms with Crippen LogP contribution in [0.15, 0.2) is 38.5 Å². The highest BCUT2D eigenvalue weighted by Gasteiger charge is 2.10. The van der Waals surface area contributed by atoms with Gasteiger partial charge in [-0.25, -0.2) is 4.79 Å². The molecule has 0 saturated carbocycles. The molecule has 0 fully saturated rings. The van der Waals surface area contributed by atoms with E-state index in [1.807, 2.05) is 0 Å². The van der Waals surface area contributed by atoms with E-state index in [0.717, 1.165) is 15.2 Å². The molecule has 0 atom stereocenters. The maximum atomic E-state index is 13.2. The van der Waals surface area contributed by atoms with Crippen LogP contribution in [0.4, 0.5) is 4.39 Å². The maximum Gasteiger partial charge on any atom is 0.328 e. The number of rotatable bonds is 3. The number of aromatic nitrogens is 2. The van der Waals surface area contributed by atoms with Crippen LogP contribution < -0.4 is 16.0 Å². The molecule has 0 aliphatic rings. The summed E-state index contributed by atoms with van der Waals surface area (Å²) in [6, 6.07) is 5.16. The van der Waals surface area contributed by atoms with Gasteiger partial charge in [0, 0.05) is 16.2 Å². The van der Waals surface area contributed by atoms with Crippen LogP contribution in [0.5, 0.6) is 5.75 Å². The molecule has 1 aromatic carbocycles. The van der Waals surface area contributed by atoms with E-state index in [0.29, 0.717) is 11.3 Å². The molecule has 0 unspecified atom stereocenters. The second-order valence-electron chi connectivity index (χ2n) is 3.79. The standard InChI is InChI=1S/C12H10BrFN2O3/c1-19-10-3-2-8(13)4-7(10)6-16-11(17)9(14)5-15-12(16)18/h2-5H,6H2,1H3,(H,15,18). The van der Waals surface area contributed by atoms with Gasteiger partial charge in [-0.3, -0.25) is 9.36 Å². The number of benzene rings is 1. The Kier molecular flexibility index (Phi) is 3.84. The normalized spacial score (nSPS) is 10.5. The Morgan fingerprint density at radius 1 is 1.42 bits per heavy atom. The van der Waals surface area contributed by atoms with Crippen LogP contribution in [-0.4, -0.2) is 16.7 Å². The maximum absolute atomic E-state index is 13.2. The summed E-state index contributed by atoms with van der Waals surface area (Å²) >= 11 is 3.29. The van der Waals surface area contributed by atoms with Crippen molar-refractivity contribution in [1.29, 1.82) is 0 Å². The Morgan fingerprint density at radius 3 is 2.84 bits per heavy atom. The minimum atomic E-state index is -1.01. The summed E-state index contributed by atoms with van der Waals surface area (Å²) in [5, 5.41) is 0. The van der Waals surface area contributed by atoms with Gasteiger partial charge in [-0.2, -0.15) is 4.39 Å². The topological polar surface area (TPSA) is 64.1 Å². The van der Waals surface area contributed by atoms with Crippen LogP contribution in [-0.2, 0) is 6.54 Å². The lowest BCUT2D eigenvalue weighted by Crippen LogP contribution is -2.36. The zero-order valence-electron chi connectivity index (χ0n) is 9.94. The third kappa shape index (κ3) is 2.76. The van der Waals surface area contributed by atoms with Gasteiger partial charge in [0.2, 0.25) is 5.82 Å². The molecular weight excluding hydrogens is 319 g/mol. The van der Waals surface area contributed by atoms with Crippen molar-refractivity contribution >= 4 is 15.9 Å². The second kappa shape index (κ2) is 5.40. The van der Waals surface area contributed by atoms with E-state index in [1.165, 1.54) is 7.11 Å². The number of nitrogens with one attached hydrogen (secondary N) is 1. The molecule has 1 heterocycles. The molecule has 1 N–H and O–H groups in total. The number of hydrogen-bond donors (Lipinski definition) is 1. The fraction of sp³-hybridized carbons (Fsp3) is 0.167. The highest BCUT2D eigenvalue weighted by molar-refractivity contribution is 9.10. The van der Waals surface area contributed by atoms with Gasteiger partial charge in [-0.1, -0.05) is 15.9 Å². The average Bonchev–Trinajstić information content (AvgIpc) is 2.39. The second-order valence-corrected chi connectivity index (χ2v) is 4.70. The Balaban J connectivity index is 2.53. The van der Waals surface area contributed by atoms with E-state index >= 15 is 0 Å². The number of nitrogens with zero attached hydrogens (tertiary/aromatic N) is 1. The summed E-state index contributed by atoms with van der Waals surface area (Å²) in [4.78, 5) is 25.3.